The third kappa shape index (κ3) is 7.59. The van der Waals surface area contributed by atoms with Crippen LogP contribution in [0.3, 0.4) is 0 Å². The van der Waals surface area contributed by atoms with Gasteiger partial charge in [-0.1, -0.05) is 18.2 Å². The number of benzene rings is 2. The second-order valence-electron chi connectivity index (χ2n) is 9.35. The zero-order valence-corrected chi connectivity index (χ0v) is 22.6. The molecule has 0 unspecified atom stereocenters. The molecule has 3 amide bonds. The van der Waals surface area contributed by atoms with Crippen molar-refractivity contribution in [3.63, 3.8) is 0 Å². The van der Waals surface area contributed by atoms with Crippen molar-refractivity contribution in [3.05, 3.63) is 75.7 Å². The molecule has 4 rings (SSSR count). The van der Waals surface area contributed by atoms with Crippen LogP contribution in [0.25, 0.3) is 0 Å². The number of rotatable bonds is 9. The Hall–Kier alpha value is -3.93. The number of alkyl halides is 3. The van der Waals surface area contributed by atoms with Gasteiger partial charge < -0.3 is 20.3 Å². The number of nitrogens with one attached hydrogen (secondary N) is 2. The number of carbonyl (C=O) groups excluding carboxylic acids is 3. The maximum absolute atomic E-state index is 13.3. The minimum absolute atomic E-state index is 0.0233. The molecule has 1 aliphatic heterocycles. The van der Waals surface area contributed by atoms with Crippen LogP contribution in [0.15, 0.2) is 53.9 Å². The smallest absolute Gasteiger partial charge is 0.417 e. The van der Waals surface area contributed by atoms with Crippen LogP contribution in [-0.4, -0.2) is 53.8 Å². The average Bonchev–Trinajstić information content (AvgIpc) is 3.42. The van der Waals surface area contributed by atoms with Gasteiger partial charge in [0.2, 0.25) is 5.91 Å². The van der Waals surface area contributed by atoms with Crippen molar-refractivity contribution in [2.75, 3.05) is 31.6 Å². The number of thiazole rings is 1. The Bertz CT molecular complexity index is 1350. The Kier molecular flexibility index (Phi) is 9.41. The normalized spacial score (nSPS) is 14.1. The van der Waals surface area contributed by atoms with Crippen LogP contribution in [0.1, 0.15) is 63.5 Å². The summed E-state index contributed by atoms with van der Waals surface area (Å²) in [5.74, 6) is -0.465. The molecule has 1 saturated heterocycles. The molecular weight excluding hydrogens is 545 g/mol. The minimum Gasteiger partial charge on any atom is -0.493 e. The number of piperidine rings is 1. The molecule has 0 atom stereocenters. The van der Waals surface area contributed by atoms with Gasteiger partial charge in [0.05, 0.1) is 22.7 Å². The average molecular weight is 575 g/mol. The molecule has 1 aliphatic rings. The van der Waals surface area contributed by atoms with Gasteiger partial charge in [0.15, 0.2) is 0 Å². The molecule has 3 aromatic rings. The summed E-state index contributed by atoms with van der Waals surface area (Å²) in [6.45, 7) is 2.81. The largest absolute Gasteiger partial charge is 0.493 e. The van der Waals surface area contributed by atoms with Crippen molar-refractivity contribution in [2.45, 2.75) is 38.3 Å². The number of anilines is 1. The lowest BCUT2D eigenvalue weighted by molar-refractivity contribution is -0.138. The van der Waals surface area contributed by atoms with Crippen molar-refractivity contribution in [2.24, 2.45) is 0 Å². The fraction of sp³-hybridized carbons (Fsp3) is 0.357. The minimum atomic E-state index is -4.60. The van der Waals surface area contributed by atoms with Crippen LogP contribution >= 0.6 is 11.3 Å². The van der Waals surface area contributed by atoms with E-state index in [0.29, 0.717) is 62.6 Å². The molecule has 2 N–H and O–H groups in total. The molecule has 2 heterocycles. The highest BCUT2D eigenvalue weighted by Crippen LogP contribution is 2.34. The zero-order chi connectivity index (χ0) is 28.7. The monoisotopic (exact) mass is 574 g/mol. The van der Waals surface area contributed by atoms with E-state index in [-0.39, 0.29) is 23.3 Å². The molecule has 212 valence electrons. The van der Waals surface area contributed by atoms with Gasteiger partial charge in [0, 0.05) is 49.6 Å². The highest BCUT2D eigenvalue weighted by molar-refractivity contribution is 7.09. The van der Waals surface area contributed by atoms with Crippen molar-refractivity contribution >= 4 is 34.7 Å². The Labute approximate surface area is 233 Å². The molecule has 1 aromatic heterocycles. The topological polar surface area (TPSA) is 101 Å². The van der Waals surface area contributed by atoms with E-state index in [4.69, 9.17) is 4.74 Å². The summed E-state index contributed by atoms with van der Waals surface area (Å²) in [4.78, 5) is 42.5. The molecule has 40 heavy (non-hydrogen) atoms. The number of nitrogens with zero attached hydrogens (tertiary/aromatic N) is 2. The van der Waals surface area contributed by atoms with Gasteiger partial charge in [-0.2, -0.15) is 13.2 Å². The Morgan fingerprint density at radius 3 is 2.58 bits per heavy atom. The summed E-state index contributed by atoms with van der Waals surface area (Å²) in [6, 6.07) is 11.9. The first-order valence-electron chi connectivity index (χ1n) is 12.8. The number of halogens is 3. The second kappa shape index (κ2) is 12.9. The van der Waals surface area contributed by atoms with E-state index in [0.717, 1.165) is 11.1 Å². The zero-order valence-electron chi connectivity index (χ0n) is 21.8. The predicted octanol–water partition coefficient (Wildman–Crippen LogP) is 5.34. The lowest BCUT2D eigenvalue weighted by Crippen LogP contribution is -2.38. The van der Waals surface area contributed by atoms with Gasteiger partial charge >= 0.3 is 6.18 Å². The van der Waals surface area contributed by atoms with Crippen LogP contribution < -0.4 is 15.4 Å². The van der Waals surface area contributed by atoms with E-state index in [9.17, 15) is 27.6 Å². The highest BCUT2D eigenvalue weighted by atomic mass is 32.1. The molecule has 12 heteroatoms. The second-order valence-corrected chi connectivity index (χ2v) is 10.2. The van der Waals surface area contributed by atoms with Crippen LogP contribution in [0, 0.1) is 0 Å². The fourth-order valence-corrected chi connectivity index (χ4v) is 5.39. The van der Waals surface area contributed by atoms with Crippen molar-refractivity contribution in [1.82, 2.24) is 15.2 Å². The van der Waals surface area contributed by atoms with E-state index in [1.165, 1.54) is 41.4 Å². The Balaban J connectivity index is 1.21. The molecule has 8 nitrogen and oxygen atoms in total. The van der Waals surface area contributed by atoms with E-state index in [1.54, 1.807) is 29.6 Å². The van der Waals surface area contributed by atoms with Crippen molar-refractivity contribution in [1.29, 1.82) is 0 Å². The first-order chi connectivity index (χ1) is 19.1. The molecule has 1 fully saturated rings. The highest BCUT2D eigenvalue weighted by Gasteiger charge is 2.36. The maximum atomic E-state index is 13.3. The molecule has 0 radical (unpaired) electrons. The number of amides is 3. The number of hydrogen-bond donors (Lipinski definition) is 2. The maximum Gasteiger partial charge on any atom is 0.417 e. The standard InChI is InChI=1S/C28H29F3N4O4S/c1-18(36)33-20-6-4-7-21(16-20)39-15-5-12-32-25(37)24-17-40-26(34-24)19-10-13-35(14-11-19)27(38)22-8-2-3-9-23(22)28(29,30)31/h2-4,6-9,16-17,19H,5,10-15H2,1H3,(H,32,37)(H,33,36). The van der Waals surface area contributed by atoms with Gasteiger partial charge in [0.1, 0.15) is 11.4 Å². The van der Waals surface area contributed by atoms with E-state index >= 15 is 0 Å². The summed E-state index contributed by atoms with van der Waals surface area (Å²) >= 11 is 1.36. The summed E-state index contributed by atoms with van der Waals surface area (Å²) < 4.78 is 45.7. The Morgan fingerprint density at radius 1 is 1.10 bits per heavy atom. The SMILES string of the molecule is CC(=O)Nc1cccc(OCCCNC(=O)c2csc(C3CCN(C(=O)c4ccccc4C(F)(F)F)CC3)n2)c1. The number of carbonyl (C=O) groups is 3. The Morgan fingerprint density at radius 2 is 1.85 bits per heavy atom. The van der Waals surface area contributed by atoms with Gasteiger partial charge in [-0.05, 0) is 43.5 Å². The van der Waals surface area contributed by atoms with Gasteiger partial charge in [-0.25, -0.2) is 4.98 Å². The number of ether oxygens (including phenoxy) is 1. The van der Waals surface area contributed by atoms with E-state index in [1.807, 2.05) is 0 Å². The number of hydrogen-bond acceptors (Lipinski definition) is 6. The van der Waals surface area contributed by atoms with Crippen molar-refractivity contribution in [3.8, 4) is 5.75 Å². The third-order valence-corrected chi connectivity index (χ3v) is 7.39. The summed E-state index contributed by atoms with van der Waals surface area (Å²) in [5, 5.41) is 7.97. The number of likely N-dealkylation sites (tertiary alicyclic amines) is 1. The molecule has 0 saturated carbocycles. The fourth-order valence-electron chi connectivity index (χ4n) is 4.42. The van der Waals surface area contributed by atoms with Gasteiger partial charge in [0.25, 0.3) is 11.8 Å². The van der Waals surface area contributed by atoms with Crippen LogP contribution in [-0.2, 0) is 11.0 Å². The van der Waals surface area contributed by atoms with Gasteiger partial charge in [-0.3, -0.25) is 14.4 Å². The first kappa shape index (κ1) is 29.1. The first-order valence-corrected chi connectivity index (χ1v) is 13.7. The summed E-state index contributed by atoms with van der Waals surface area (Å²) in [5.41, 5.74) is -0.325. The van der Waals surface area contributed by atoms with Crippen molar-refractivity contribution < 1.29 is 32.3 Å². The lowest BCUT2D eigenvalue weighted by atomic mass is 9.96. The third-order valence-electron chi connectivity index (χ3n) is 6.38. The van der Waals surface area contributed by atoms with Crippen LogP contribution in [0.2, 0.25) is 0 Å². The molecule has 0 bridgehead atoms. The molecular formula is C28H29F3N4O4S. The van der Waals surface area contributed by atoms with Crippen LogP contribution in [0.5, 0.6) is 5.75 Å². The molecule has 2 aromatic carbocycles. The van der Waals surface area contributed by atoms with Gasteiger partial charge in [-0.15, -0.1) is 11.3 Å². The van der Waals surface area contributed by atoms with E-state index < -0.39 is 17.6 Å². The summed E-state index contributed by atoms with van der Waals surface area (Å²) in [6.07, 6.45) is -2.93. The quantitative estimate of drug-likeness (QED) is 0.336. The predicted molar refractivity (Wildman–Crippen MR) is 145 cm³/mol. The van der Waals surface area contributed by atoms with Crippen LogP contribution in [0.4, 0.5) is 18.9 Å². The molecule has 0 aliphatic carbocycles. The summed E-state index contributed by atoms with van der Waals surface area (Å²) in [7, 11) is 0. The number of aromatic nitrogens is 1. The van der Waals surface area contributed by atoms with E-state index in [2.05, 4.69) is 15.6 Å². The lowest BCUT2D eigenvalue weighted by Gasteiger charge is -2.31. The molecule has 0 spiro atoms.